The molecule has 0 aliphatic carbocycles. The molecule has 4 rings (SSSR count). The number of aliphatic hydroxyl groups excluding tert-OH is 1. The van der Waals surface area contributed by atoms with E-state index in [1.165, 1.54) is 4.90 Å². The number of hydrogen-bond donors (Lipinski definition) is 1. The highest BCUT2D eigenvalue weighted by Crippen LogP contribution is 2.23. The van der Waals surface area contributed by atoms with Gasteiger partial charge < -0.3 is 9.84 Å². The van der Waals surface area contributed by atoms with Crippen molar-refractivity contribution in [3.05, 3.63) is 101 Å². The highest BCUT2D eigenvalue weighted by atomic mass is 16.5. The maximum atomic E-state index is 12.4. The summed E-state index contributed by atoms with van der Waals surface area (Å²) in [7, 11) is 0. The van der Waals surface area contributed by atoms with E-state index in [2.05, 4.69) is 0 Å². The molecule has 2 amide bonds. The Morgan fingerprint density at radius 1 is 0.833 bits per heavy atom. The zero-order valence-electron chi connectivity index (χ0n) is 16.5. The van der Waals surface area contributed by atoms with Gasteiger partial charge >= 0.3 is 0 Å². The van der Waals surface area contributed by atoms with Gasteiger partial charge in [-0.25, -0.2) is 0 Å². The number of carbonyl (C=O) groups excluding carboxylic acids is 2. The summed E-state index contributed by atoms with van der Waals surface area (Å²) in [5.74, 6) is 0.244. The molecule has 0 radical (unpaired) electrons. The summed E-state index contributed by atoms with van der Waals surface area (Å²) in [6, 6.07) is 24.0. The van der Waals surface area contributed by atoms with Gasteiger partial charge in [-0.05, 0) is 48.2 Å². The number of benzene rings is 3. The first-order chi connectivity index (χ1) is 14.6. The van der Waals surface area contributed by atoms with E-state index >= 15 is 0 Å². The molecule has 5 heteroatoms. The Bertz CT molecular complexity index is 1010. The van der Waals surface area contributed by atoms with Gasteiger partial charge in [-0.3, -0.25) is 14.5 Å². The molecule has 1 atom stereocenters. The Labute approximate surface area is 175 Å². The van der Waals surface area contributed by atoms with Gasteiger partial charge in [-0.15, -0.1) is 0 Å². The Balaban J connectivity index is 1.30. The van der Waals surface area contributed by atoms with Crippen molar-refractivity contribution in [1.82, 2.24) is 4.90 Å². The first-order valence-electron chi connectivity index (χ1n) is 10.0. The van der Waals surface area contributed by atoms with Crippen LogP contribution in [-0.4, -0.2) is 35.0 Å². The van der Waals surface area contributed by atoms with Crippen molar-refractivity contribution >= 4 is 11.8 Å². The van der Waals surface area contributed by atoms with Gasteiger partial charge in [0.2, 0.25) is 0 Å². The average molecular weight is 401 g/mol. The second kappa shape index (κ2) is 8.93. The molecule has 0 fully saturated rings. The van der Waals surface area contributed by atoms with E-state index in [1.54, 1.807) is 24.3 Å². The fourth-order valence-corrected chi connectivity index (χ4v) is 3.62. The third kappa shape index (κ3) is 4.26. The van der Waals surface area contributed by atoms with Crippen LogP contribution in [0.1, 0.15) is 44.4 Å². The van der Waals surface area contributed by atoms with Crippen LogP contribution in [0, 0.1) is 0 Å². The smallest absolute Gasteiger partial charge is 0.261 e. The number of aryl methyl sites for hydroxylation is 1. The largest absolute Gasteiger partial charge is 0.491 e. The highest BCUT2D eigenvalue weighted by molar-refractivity contribution is 6.21. The predicted octanol–water partition coefficient (Wildman–Crippen LogP) is 4.03. The summed E-state index contributed by atoms with van der Waals surface area (Å²) < 4.78 is 5.75. The third-order valence-electron chi connectivity index (χ3n) is 5.22. The van der Waals surface area contributed by atoms with Crippen LogP contribution in [0.4, 0.5) is 0 Å². The molecule has 3 aromatic rings. The lowest BCUT2D eigenvalue weighted by atomic mass is 10.1. The van der Waals surface area contributed by atoms with Gasteiger partial charge in [-0.2, -0.15) is 0 Å². The van der Waals surface area contributed by atoms with Gasteiger partial charge in [0, 0.05) is 6.54 Å². The van der Waals surface area contributed by atoms with Crippen molar-refractivity contribution in [2.45, 2.75) is 18.9 Å². The maximum Gasteiger partial charge on any atom is 0.261 e. The number of amides is 2. The molecule has 0 spiro atoms. The van der Waals surface area contributed by atoms with E-state index in [9.17, 15) is 14.7 Å². The lowest BCUT2D eigenvalue weighted by molar-refractivity contribution is 0.0652. The minimum absolute atomic E-state index is 0.169. The van der Waals surface area contributed by atoms with Crippen LogP contribution in [0.15, 0.2) is 78.9 Å². The van der Waals surface area contributed by atoms with E-state index in [0.29, 0.717) is 36.3 Å². The molecule has 5 nitrogen and oxygen atoms in total. The molecule has 0 saturated carbocycles. The van der Waals surface area contributed by atoms with Crippen LogP contribution in [0.3, 0.4) is 0 Å². The van der Waals surface area contributed by atoms with Crippen molar-refractivity contribution < 1.29 is 19.4 Å². The van der Waals surface area contributed by atoms with Gasteiger partial charge in [0.05, 0.1) is 11.1 Å². The molecule has 0 saturated heterocycles. The SMILES string of the molecule is O=C1c2ccccc2C(=O)N1CCCc1cccc(OCC(O)c2ccccc2)c1. The fourth-order valence-electron chi connectivity index (χ4n) is 3.62. The number of fused-ring (bicyclic) bond motifs is 1. The molecule has 1 aliphatic rings. The number of ether oxygens (including phenoxy) is 1. The highest BCUT2D eigenvalue weighted by Gasteiger charge is 2.34. The number of hydrogen-bond acceptors (Lipinski definition) is 4. The number of carbonyl (C=O) groups is 2. The molecule has 152 valence electrons. The summed E-state index contributed by atoms with van der Waals surface area (Å²) >= 11 is 0. The predicted molar refractivity (Wildman–Crippen MR) is 113 cm³/mol. The summed E-state index contributed by atoms with van der Waals surface area (Å²) in [4.78, 5) is 26.2. The quantitative estimate of drug-likeness (QED) is 0.579. The first kappa shape index (κ1) is 19.9. The second-order valence-electron chi connectivity index (χ2n) is 7.30. The van der Waals surface area contributed by atoms with Crippen molar-refractivity contribution in [3.8, 4) is 5.75 Å². The van der Waals surface area contributed by atoms with E-state index in [0.717, 1.165) is 11.1 Å². The second-order valence-corrected chi connectivity index (χ2v) is 7.30. The lowest BCUT2D eigenvalue weighted by Gasteiger charge is -2.15. The van der Waals surface area contributed by atoms with Crippen molar-refractivity contribution in [1.29, 1.82) is 0 Å². The number of imide groups is 1. The van der Waals surface area contributed by atoms with Crippen molar-refractivity contribution in [2.24, 2.45) is 0 Å². The Hall–Kier alpha value is -3.44. The molecule has 1 N–H and O–H groups in total. The minimum atomic E-state index is -0.691. The van der Waals surface area contributed by atoms with E-state index in [1.807, 2.05) is 54.6 Å². The number of aliphatic hydroxyl groups is 1. The Morgan fingerprint density at radius 3 is 2.20 bits per heavy atom. The molecular formula is C25H23NO4. The van der Waals surface area contributed by atoms with Crippen LogP contribution in [0.5, 0.6) is 5.75 Å². The summed E-state index contributed by atoms with van der Waals surface area (Å²) in [5, 5.41) is 10.2. The van der Waals surface area contributed by atoms with Crippen LogP contribution < -0.4 is 4.74 Å². The van der Waals surface area contributed by atoms with Gasteiger partial charge in [0.25, 0.3) is 11.8 Å². The molecule has 0 aromatic heterocycles. The molecular weight excluding hydrogens is 378 g/mol. The van der Waals surface area contributed by atoms with Gasteiger partial charge in [-0.1, -0.05) is 54.6 Å². The Morgan fingerprint density at radius 2 is 1.50 bits per heavy atom. The molecule has 1 unspecified atom stereocenters. The van der Waals surface area contributed by atoms with Crippen molar-refractivity contribution in [2.75, 3.05) is 13.2 Å². The van der Waals surface area contributed by atoms with Crippen LogP contribution >= 0.6 is 0 Å². The summed E-state index contributed by atoms with van der Waals surface area (Å²) in [5.41, 5.74) is 2.83. The summed E-state index contributed by atoms with van der Waals surface area (Å²) in [6.07, 6.45) is 0.691. The van der Waals surface area contributed by atoms with Crippen LogP contribution in [0.25, 0.3) is 0 Å². The monoisotopic (exact) mass is 401 g/mol. The topological polar surface area (TPSA) is 66.8 Å². The zero-order chi connectivity index (χ0) is 20.9. The number of rotatable bonds is 8. The minimum Gasteiger partial charge on any atom is -0.491 e. The first-order valence-corrected chi connectivity index (χ1v) is 10.0. The van der Waals surface area contributed by atoms with Crippen LogP contribution in [0.2, 0.25) is 0 Å². The van der Waals surface area contributed by atoms with Gasteiger partial charge in [0.15, 0.2) is 0 Å². The lowest BCUT2D eigenvalue weighted by Crippen LogP contribution is -2.30. The van der Waals surface area contributed by atoms with Gasteiger partial charge in [0.1, 0.15) is 18.5 Å². The third-order valence-corrected chi connectivity index (χ3v) is 5.22. The number of nitrogens with zero attached hydrogens (tertiary/aromatic N) is 1. The van der Waals surface area contributed by atoms with Crippen LogP contribution in [-0.2, 0) is 6.42 Å². The van der Waals surface area contributed by atoms with E-state index in [4.69, 9.17) is 4.74 Å². The van der Waals surface area contributed by atoms with E-state index in [-0.39, 0.29) is 18.4 Å². The normalized spacial score (nSPS) is 14.0. The fraction of sp³-hybridized carbons (Fsp3) is 0.200. The summed E-state index contributed by atoms with van der Waals surface area (Å²) in [6.45, 7) is 0.548. The molecule has 30 heavy (non-hydrogen) atoms. The maximum absolute atomic E-state index is 12.4. The van der Waals surface area contributed by atoms with Crippen molar-refractivity contribution in [3.63, 3.8) is 0 Å². The molecule has 1 heterocycles. The molecule has 0 bridgehead atoms. The molecule has 3 aromatic carbocycles. The average Bonchev–Trinajstić information content (AvgIpc) is 3.03. The standard InChI is InChI=1S/C25H23NO4/c27-23(19-10-2-1-3-11-19)17-30-20-12-6-8-18(16-20)9-7-15-26-24(28)21-13-4-5-14-22(21)25(26)29/h1-6,8,10-14,16,23,27H,7,9,15,17H2. The zero-order valence-corrected chi connectivity index (χ0v) is 16.5. The van der Waals surface area contributed by atoms with E-state index < -0.39 is 6.10 Å². The molecule has 1 aliphatic heterocycles. The Kier molecular flexibility index (Phi) is 5.91.